The topological polar surface area (TPSA) is 143 Å². The number of hydrogen-bond acceptors (Lipinski definition) is 6. The third kappa shape index (κ3) is 7.13. The highest BCUT2D eigenvalue weighted by Gasteiger charge is 2.42. The molecule has 238 valence electrons. The highest BCUT2D eigenvalue weighted by atomic mass is 32.3. The third-order valence-electron chi connectivity index (χ3n) is 7.18. The van der Waals surface area contributed by atoms with Crippen LogP contribution >= 0.6 is 10.6 Å². The van der Waals surface area contributed by atoms with Gasteiger partial charge in [0, 0.05) is 41.3 Å². The lowest BCUT2D eigenvalue weighted by Crippen LogP contribution is -2.34. The van der Waals surface area contributed by atoms with Gasteiger partial charge < -0.3 is 11.1 Å². The largest absolute Gasteiger partial charge is 0.435 e. The number of rotatable bonds is 8. The number of nitrogens with one attached hydrogen (secondary N) is 1. The molecule has 0 fully saturated rings. The van der Waals surface area contributed by atoms with Crippen molar-refractivity contribution in [3.8, 4) is 11.1 Å². The molecule has 0 aliphatic carbocycles. The molecule has 5 rings (SSSR count). The van der Waals surface area contributed by atoms with E-state index in [2.05, 4.69) is 15.4 Å². The standard InChI is InChI=1S/C29H25F6N5O4S/c30-17-8-15(9-18(31)12-17)10-23(26-19(2-1-6-37-26)16-3-4-22(32)20(11-16)28(36)42)38-25(41)13-40-24-5-7-45(43,44)14-21(24)27(39-40)29(33,34)35/h1-4,6,8-9,11-12,23,43-44H,5,7,10,13-14H2,(H2,36,42)(H,38,41). The Morgan fingerprint density at radius 3 is 2.44 bits per heavy atom. The van der Waals surface area contributed by atoms with Crippen molar-refractivity contribution in [2.24, 2.45) is 5.73 Å². The predicted molar refractivity (Wildman–Crippen MR) is 151 cm³/mol. The van der Waals surface area contributed by atoms with Gasteiger partial charge in [-0.05, 0) is 47.9 Å². The first kappa shape index (κ1) is 32.0. The molecule has 1 unspecified atom stereocenters. The number of fused-ring (bicyclic) bond motifs is 1. The molecule has 3 heterocycles. The van der Waals surface area contributed by atoms with Crippen LogP contribution in [0.1, 0.15) is 44.6 Å². The monoisotopic (exact) mass is 653 g/mol. The van der Waals surface area contributed by atoms with Crippen LogP contribution < -0.4 is 11.1 Å². The van der Waals surface area contributed by atoms with Crippen LogP contribution in [0.15, 0.2) is 54.7 Å². The van der Waals surface area contributed by atoms with Crippen molar-refractivity contribution in [2.75, 3.05) is 5.75 Å². The van der Waals surface area contributed by atoms with Gasteiger partial charge in [-0.15, -0.1) is 0 Å². The molecule has 1 aliphatic rings. The maximum atomic E-state index is 14.2. The fourth-order valence-electron chi connectivity index (χ4n) is 5.27. The maximum absolute atomic E-state index is 14.2. The minimum Gasteiger partial charge on any atom is -0.366 e. The average Bonchev–Trinajstić information content (AvgIpc) is 3.28. The van der Waals surface area contributed by atoms with Crippen LogP contribution in [0.5, 0.6) is 0 Å². The van der Waals surface area contributed by atoms with Gasteiger partial charge >= 0.3 is 6.18 Å². The second kappa shape index (κ2) is 12.2. The van der Waals surface area contributed by atoms with Gasteiger partial charge in [0.15, 0.2) is 5.69 Å². The third-order valence-corrected chi connectivity index (χ3v) is 8.79. The van der Waals surface area contributed by atoms with Gasteiger partial charge in [-0.25, -0.2) is 13.2 Å². The average molecular weight is 654 g/mol. The van der Waals surface area contributed by atoms with E-state index in [9.17, 15) is 45.0 Å². The number of carbonyl (C=O) groups excluding carboxylic acids is 2. The molecule has 2 aromatic carbocycles. The Morgan fingerprint density at radius 1 is 1.07 bits per heavy atom. The molecule has 0 spiro atoms. The molecular weight excluding hydrogens is 628 g/mol. The lowest BCUT2D eigenvalue weighted by molar-refractivity contribution is -0.142. The van der Waals surface area contributed by atoms with E-state index in [1.54, 1.807) is 6.07 Å². The molecule has 1 atom stereocenters. The first-order valence-electron chi connectivity index (χ1n) is 13.3. The molecule has 0 saturated carbocycles. The van der Waals surface area contributed by atoms with E-state index in [1.807, 2.05) is 0 Å². The van der Waals surface area contributed by atoms with Crippen molar-refractivity contribution in [3.63, 3.8) is 0 Å². The van der Waals surface area contributed by atoms with Gasteiger partial charge in [0.2, 0.25) is 5.91 Å². The SMILES string of the molecule is NC(=O)c1cc(-c2cccnc2C(Cc2cc(F)cc(F)c2)NC(=O)Cn2nc(C(F)(F)F)c3c2CCS(O)(O)C3)ccc1F. The Hall–Kier alpha value is -4.41. The Morgan fingerprint density at radius 2 is 1.78 bits per heavy atom. The summed E-state index contributed by atoms with van der Waals surface area (Å²) in [6, 6.07) is 8.17. The number of primary amides is 1. The number of alkyl halides is 3. The van der Waals surface area contributed by atoms with Crippen LogP contribution in [0.4, 0.5) is 26.3 Å². The number of benzene rings is 2. The molecule has 0 saturated heterocycles. The summed E-state index contributed by atoms with van der Waals surface area (Å²) in [6.45, 7) is -0.712. The van der Waals surface area contributed by atoms with Crippen molar-refractivity contribution in [3.05, 3.63) is 106 Å². The summed E-state index contributed by atoms with van der Waals surface area (Å²) in [6.07, 6.45) is -3.97. The smallest absolute Gasteiger partial charge is 0.366 e. The van der Waals surface area contributed by atoms with Gasteiger partial charge in [-0.3, -0.25) is 28.4 Å². The van der Waals surface area contributed by atoms with Crippen molar-refractivity contribution in [2.45, 2.75) is 37.4 Å². The maximum Gasteiger partial charge on any atom is 0.435 e. The zero-order valence-corrected chi connectivity index (χ0v) is 23.9. The predicted octanol–water partition coefficient (Wildman–Crippen LogP) is 5.39. The fourth-order valence-corrected chi connectivity index (χ4v) is 6.70. The number of amides is 2. The fraction of sp³-hybridized carbons (Fsp3) is 0.241. The molecule has 2 aromatic heterocycles. The lowest BCUT2D eigenvalue weighted by atomic mass is 9.94. The van der Waals surface area contributed by atoms with E-state index < -0.39 is 81.2 Å². The Labute approximate surface area is 253 Å². The van der Waals surface area contributed by atoms with Crippen molar-refractivity contribution in [1.29, 1.82) is 0 Å². The van der Waals surface area contributed by atoms with Crippen LogP contribution in [0.2, 0.25) is 0 Å². The van der Waals surface area contributed by atoms with Gasteiger partial charge in [-0.1, -0.05) is 12.1 Å². The molecule has 4 aromatic rings. The van der Waals surface area contributed by atoms with Crippen molar-refractivity contribution in [1.82, 2.24) is 20.1 Å². The normalized spacial score (nSPS) is 15.6. The quantitative estimate of drug-likeness (QED) is 0.188. The molecular formula is C29H25F6N5O4S. The van der Waals surface area contributed by atoms with Crippen LogP contribution in [-0.2, 0) is 36.1 Å². The van der Waals surface area contributed by atoms with Gasteiger partial charge in [0.05, 0.1) is 23.1 Å². The number of halogens is 6. The Balaban J connectivity index is 1.53. The first-order chi connectivity index (χ1) is 21.1. The zero-order valence-electron chi connectivity index (χ0n) is 23.1. The van der Waals surface area contributed by atoms with E-state index in [0.29, 0.717) is 11.6 Å². The minimum absolute atomic E-state index is 0.0243. The minimum atomic E-state index is -4.93. The van der Waals surface area contributed by atoms with Crippen LogP contribution in [0.3, 0.4) is 0 Å². The summed E-state index contributed by atoms with van der Waals surface area (Å²) in [5, 5.41) is 6.23. The highest BCUT2D eigenvalue weighted by Crippen LogP contribution is 2.50. The molecule has 2 amide bonds. The van der Waals surface area contributed by atoms with E-state index in [0.717, 1.165) is 22.9 Å². The molecule has 5 N–H and O–H groups in total. The number of aromatic nitrogens is 3. The number of pyridine rings is 1. The van der Waals surface area contributed by atoms with Gasteiger partial charge in [-0.2, -0.15) is 28.9 Å². The second-order valence-electron chi connectivity index (χ2n) is 10.4. The summed E-state index contributed by atoms with van der Waals surface area (Å²) in [5.74, 6) is -5.41. The summed E-state index contributed by atoms with van der Waals surface area (Å²) >= 11 is 0. The number of nitrogens with zero attached hydrogens (tertiary/aromatic N) is 3. The second-order valence-corrected chi connectivity index (χ2v) is 12.7. The van der Waals surface area contributed by atoms with Crippen molar-refractivity contribution >= 4 is 22.4 Å². The summed E-state index contributed by atoms with van der Waals surface area (Å²) in [5.41, 5.74) is 3.97. The molecule has 0 bridgehead atoms. The first-order valence-corrected chi connectivity index (χ1v) is 15.2. The van der Waals surface area contributed by atoms with Gasteiger partial charge in [0.25, 0.3) is 5.91 Å². The molecule has 0 radical (unpaired) electrons. The molecule has 1 aliphatic heterocycles. The molecule has 16 heteroatoms. The number of hydrogen-bond donors (Lipinski definition) is 4. The zero-order chi connectivity index (χ0) is 32.7. The van der Waals surface area contributed by atoms with E-state index in [4.69, 9.17) is 5.73 Å². The highest BCUT2D eigenvalue weighted by molar-refractivity contribution is 8.23. The lowest BCUT2D eigenvalue weighted by Gasteiger charge is -2.36. The van der Waals surface area contributed by atoms with Crippen molar-refractivity contribution < 1.29 is 45.0 Å². The van der Waals surface area contributed by atoms with Crippen LogP contribution in [-0.4, -0.2) is 41.4 Å². The van der Waals surface area contributed by atoms with E-state index in [1.165, 1.54) is 24.4 Å². The Bertz CT molecular complexity index is 1780. The number of nitrogens with two attached hydrogens (primary N) is 1. The van der Waals surface area contributed by atoms with Gasteiger partial charge in [0.1, 0.15) is 24.0 Å². The van der Waals surface area contributed by atoms with E-state index >= 15 is 0 Å². The van der Waals surface area contributed by atoms with E-state index in [-0.39, 0.29) is 41.1 Å². The summed E-state index contributed by atoms with van der Waals surface area (Å²) in [7, 11) is -3.31. The summed E-state index contributed by atoms with van der Waals surface area (Å²) in [4.78, 5) is 29.5. The van der Waals surface area contributed by atoms with Crippen LogP contribution in [0, 0.1) is 17.5 Å². The molecule has 45 heavy (non-hydrogen) atoms. The van der Waals surface area contributed by atoms with Crippen LogP contribution in [0.25, 0.3) is 11.1 Å². The number of carbonyl (C=O) groups is 2. The molecule has 9 nitrogen and oxygen atoms in total. The summed E-state index contributed by atoms with van der Waals surface area (Å²) < 4.78 is 105. The Kier molecular flexibility index (Phi) is 8.66.